The first kappa shape index (κ1) is 15.2. The van der Waals surface area contributed by atoms with Gasteiger partial charge < -0.3 is 9.47 Å². The van der Waals surface area contributed by atoms with Gasteiger partial charge in [0, 0.05) is 20.3 Å². The number of hydrogen-bond acceptors (Lipinski definition) is 6. The van der Waals surface area contributed by atoms with Crippen molar-refractivity contribution in [3.8, 4) is 6.07 Å². The Morgan fingerprint density at radius 1 is 1.29 bits per heavy atom. The molecule has 1 atom stereocenters. The standard InChI is InChI=1S/C15H17NO5/c1-9(17)20-7-15(8-21-10(2)18)4-3-11-5-13(19)12(6-16)14(11)15/h11H,3-5,7-8H2,1-2H3. The van der Waals surface area contributed by atoms with Crippen LogP contribution in [-0.4, -0.2) is 30.9 Å². The molecule has 2 aliphatic rings. The van der Waals surface area contributed by atoms with Crippen molar-refractivity contribution in [3.63, 3.8) is 0 Å². The van der Waals surface area contributed by atoms with Gasteiger partial charge in [0.25, 0.3) is 0 Å². The van der Waals surface area contributed by atoms with E-state index >= 15 is 0 Å². The van der Waals surface area contributed by atoms with Crippen molar-refractivity contribution in [2.75, 3.05) is 13.2 Å². The molecule has 112 valence electrons. The number of esters is 2. The quantitative estimate of drug-likeness (QED) is 0.725. The van der Waals surface area contributed by atoms with Gasteiger partial charge in [0.05, 0.1) is 11.0 Å². The number of carbonyl (C=O) groups excluding carboxylic acids is 3. The van der Waals surface area contributed by atoms with E-state index in [0.29, 0.717) is 18.4 Å². The molecule has 2 aliphatic carbocycles. The lowest BCUT2D eigenvalue weighted by molar-refractivity contribution is -0.149. The monoisotopic (exact) mass is 291 g/mol. The smallest absolute Gasteiger partial charge is 0.302 e. The summed E-state index contributed by atoms with van der Waals surface area (Å²) in [6, 6.07) is 1.96. The number of hydrogen-bond donors (Lipinski definition) is 0. The minimum Gasteiger partial charge on any atom is -0.465 e. The van der Waals surface area contributed by atoms with Crippen LogP contribution in [0.4, 0.5) is 0 Å². The molecule has 21 heavy (non-hydrogen) atoms. The van der Waals surface area contributed by atoms with E-state index in [0.717, 1.165) is 6.42 Å². The number of allylic oxidation sites excluding steroid dienone is 1. The van der Waals surface area contributed by atoms with Crippen molar-refractivity contribution in [3.05, 3.63) is 11.1 Å². The summed E-state index contributed by atoms with van der Waals surface area (Å²) < 4.78 is 10.2. The average molecular weight is 291 g/mol. The maximum Gasteiger partial charge on any atom is 0.302 e. The van der Waals surface area contributed by atoms with E-state index in [9.17, 15) is 19.6 Å². The topological polar surface area (TPSA) is 93.5 Å². The Balaban J connectivity index is 2.37. The third kappa shape index (κ3) is 2.82. The predicted octanol–water partition coefficient (Wildman–Crippen LogP) is 1.30. The van der Waals surface area contributed by atoms with Gasteiger partial charge in [-0.3, -0.25) is 14.4 Å². The lowest BCUT2D eigenvalue weighted by Gasteiger charge is -2.30. The molecule has 0 radical (unpaired) electrons. The molecule has 0 aromatic carbocycles. The molecule has 0 bridgehead atoms. The second-order valence-electron chi connectivity index (χ2n) is 5.60. The summed E-state index contributed by atoms with van der Waals surface area (Å²) >= 11 is 0. The summed E-state index contributed by atoms with van der Waals surface area (Å²) in [6.07, 6.45) is 1.68. The first-order valence-corrected chi connectivity index (χ1v) is 6.84. The van der Waals surface area contributed by atoms with Gasteiger partial charge >= 0.3 is 11.9 Å². The molecule has 2 rings (SSSR count). The summed E-state index contributed by atoms with van der Waals surface area (Å²) in [6.45, 7) is 2.65. The number of carbonyl (C=O) groups is 3. The SMILES string of the molecule is CC(=O)OCC1(COC(C)=O)CCC2CC(=O)C(C#N)=C21. The van der Waals surface area contributed by atoms with E-state index in [1.165, 1.54) is 13.8 Å². The number of nitriles is 1. The van der Waals surface area contributed by atoms with Gasteiger partial charge in [-0.15, -0.1) is 0 Å². The molecule has 0 heterocycles. The first-order chi connectivity index (χ1) is 9.89. The number of ether oxygens (including phenoxy) is 2. The molecule has 0 amide bonds. The molecule has 1 saturated carbocycles. The summed E-state index contributed by atoms with van der Waals surface area (Å²) in [4.78, 5) is 34.1. The van der Waals surface area contributed by atoms with Crippen molar-refractivity contribution < 1.29 is 23.9 Å². The number of rotatable bonds is 4. The predicted molar refractivity (Wildman–Crippen MR) is 70.7 cm³/mol. The van der Waals surface area contributed by atoms with Gasteiger partial charge in [-0.25, -0.2) is 0 Å². The van der Waals surface area contributed by atoms with Crippen LogP contribution in [0, 0.1) is 22.7 Å². The van der Waals surface area contributed by atoms with Crippen LogP contribution in [0.3, 0.4) is 0 Å². The number of ketones is 1. The van der Waals surface area contributed by atoms with Crippen molar-refractivity contribution in [2.45, 2.75) is 33.1 Å². The molecule has 0 aromatic heterocycles. The van der Waals surface area contributed by atoms with Gasteiger partial charge in [-0.05, 0) is 24.3 Å². The van der Waals surface area contributed by atoms with Crippen LogP contribution in [0.2, 0.25) is 0 Å². The van der Waals surface area contributed by atoms with Crippen LogP contribution < -0.4 is 0 Å². The maximum atomic E-state index is 11.9. The largest absolute Gasteiger partial charge is 0.465 e. The van der Waals surface area contributed by atoms with Crippen LogP contribution in [0.5, 0.6) is 0 Å². The van der Waals surface area contributed by atoms with E-state index in [4.69, 9.17) is 9.47 Å². The molecule has 6 nitrogen and oxygen atoms in total. The Labute approximate surface area is 122 Å². The van der Waals surface area contributed by atoms with Gasteiger partial charge in [0.1, 0.15) is 19.3 Å². The molecule has 0 aliphatic heterocycles. The van der Waals surface area contributed by atoms with E-state index in [1.54, 1.807) is 0 Å². The molecule has 0 aromatic rings. The van der Waals surface area contributed by atoms with Crippen LogP contribution in [0.25, 0.3) is 0 Å². The summed E-state index contributed by atoms with van der Waals surface area (Å²) in [5.41, 5.74) is 0.119. The highest BCUT2D eigenvalue weighted by Crippen LogP contribution is 2.53. The van der Waals surface area contributed by atoms with Gasteiger partial charge in [0.15, 0.2) is 5.78 Å². The summed E-state index contributed by atoms with van der Waals surface area (Å²) in [5.74, 6) is -1.06. The van der Waals surface area contributed by atoms with Crippen LogP contribution in [-0.2, 0) is 23.9 Å². The number of fused-ring (bicyclic) bond motifs is 1. The second-order valence-corrected chi connectivity index (χ2v) is 5.60. The Morgan fingerprint density at radius 2 is 1.86 bits per heavy atom. The zero-order valence-corrected chi connectivity index (χ0v) is 12.1. The van der Waals surface area contributed by atoms with Gasteiger partial charge in [-0.2, -0.15) is 5.26 Å². The lowest BCUT2D eigenvalue weighted by atomic mass is 9.81. The maximum absolute atomic E-state index is 11.9. The first-order valence-electron chi connectivity index (χ1n) is 6.84. The highest BCUT2D eigenvalue weighted by molar-refractivity contribution is 6.03. The fourth-order valence-electron chi connectivity index (χ4n) is 3.26. The van der Waals surface area contributed by atoms with E-state index in [-0.39, 0.29) is 30.5 Å². The fourth-order valence-corrected chi connectivity index (χ4v) is 3.26. The molecule has 0 N–H and O–H groups in total. The van der Waals surface area contributed by atoms with Crippen LogP contribution >= 0.6 is 0 Å². The van der Waals surface area contributed by atoms with Crippen molar-refractivity contribution in [1.29, 1.82) is 5.26 Å². The zero-order chi connectivity index (χ0) is 15.6. The highest BCUT2D eigenvalue weighted by Gasteiger charge is 2.51. The van der Waals surface area contributed by atoms with Crippen molar-refractivity contribution >= 4 is 17.7 Å². The Bertz CT molecular complexity index is 551. The van der Waals surface area contributed by atoms with E-state index < -0.39 is 17.4 Å². The zero-order valence-electron chi connectivity index (χ0n) is 12.1. The Kier molecular flexibility index (Phi) is 4.12. The third-order valence-corrected chi connectivity index (χ3v) is 4.15. The fraction of sp³-hybridized carbons (Fsp3) is 0.600. The minimum atomic E-state index is -0.737. The van der Waals surface area contributed by atoms with Crippen molar-refractivity contribution in [1.82, 2.24) is 0 Å². The number of nitrogens with zero attached hydrogens (tertiary/aromatic N) is 1. The number of Topliss-reactive ketones (excluding diaryl/α,β-unsaturated/α-hetero) is 1. The Morgan fingerprint density at radius 3 is 2.33 bits per heavy atom. The normalized spacial score (nSPS) is 22.7. The minimum absolute atomic E-state index is 0.00161. The molecule has 0 spiro atoms. The third-order valence-electron chi connectivity index (χ3n) is 4.15. The summed E-state index contributed by atoms with van der Waals surface area (Å²) in [5, 5.41) is 9.23. The molecule has 1 unspecified atom stereocenters. The van der Waals surface area contributed by atoms with E-state index in [1.807, 2.05) is 6.07 Å². The van der Waals surface area contributed by atoms with E-state index in [2.05, 4.69) is 0 Å². The van der Waals surface area contributed by atoms with Crippen LogP contribution in [0.15, 0.2) is 11.1 Å². The molecular formula is C15H17NO5. The van der Waals surface area contributed by atoms with Gasteiger partial charge in [0.2, 0.25) is 0 Å². The van der Waals surface area contributed by atoms with Gasteiger partial charge in [-0.1, -0.05) is 0 Å². The van der Waals surface area contributed by atoms with Crippen LogP contribution in [0.1, 0.15) is 33.1 Å². The second kappa shape index (κ2) is 5.68. The summed E-state index contributed by atoms with van der Waals surface area (Å²) in [7, 11) is 0. The molecule has 6 heteroatoms. The molecule has 1 fully saturated rings. The lowest BCUT2D eigenvalue weighted by Crippen LogP contribution is -2.34. The highest BCUT2D eigenvalue weighted by atomic mass is 16.5. The Hall–Kier alpha value is -2.16. The molecular weight excluding hydrogens is 274 g/mol. The van der Waals surface area contributed by atoms with Crippen molar-refractivity contribution in [2.24, 2.45) is 11.3 Å². The average Bonchev–Trinajstić information content (AvgIpc) is 2.91. The molecule has 0 saturated heterocycles.